The molecule has 0 radical (unpaired) electrons. The molecule has 0 saturated carbocycles. The number of phenols is 1. The molecule has 2 saturated heterocycles. The quantitative estimate of drug-likeness (QED) is 0.143. The van der Waals surface area contributed by atoms with Crippen LogP contribution in [0.3, 0.4) is 0 Å². The molecule has 7 nitrogen and oxygen atoms in total. The number of rotatable bonds is 12. The van der Waals surface area contributed by atoms with Gasteiger partial charge in [-0.15, -0.1) is 0 Å². The summed E-state index contributed by atoms with van der Waals surface area (Å²) in [5.74, 6) is 2.54. The molecule has 7 heteroatoms. The predicted molar refractivity (Wildman–Crippen MR) is 213 cm³/mol. The van der Waals surface area contributed by atoms with Crippen LogP contribution in [-0.2, 0) is 24.2 Å². The number of likely N-dealkylation sites (tertiary alicyclic amines) is 1. The summed E-state index contributed by atoms with van der Waals surface area (Å²) in [5, 5.41) is 13.0. The number of piperidine rings is 2. The van der Waals surface area contributed by atoms with Crippen molar-refractivity contribution in [3.05, 3.63) is 142 Å². The van der Waals surface area contributed by atoms with Gasteiger partial charge in [-0.25, -0.2) is 0 Å². The van der Waals surface area contributed by atoms with Crippen LogP contribution >= 0.6 is 0 Å². The number of nitrogens with zero attached hydrogens (tertiary/aromatic N) is 2. The van der Waals surface area contributed by atoms with E-state index in [1.165, 1.54) is 53.5 Å². The number of carbonyl (C=O) groups is 2. The lowest BCUT2D eigenvalue weighted by Crippen LogP contribution is -2.49. The molecule has 3 atom stereocenters. The van der Waals surface area contributed by atoms with Gasteiger partial charge in [-0.1, -0.05) is 80.1 Å². The van der Waals surface area contributed by atoms with Gasteiger partial charge in [-0.2, -0.15) is 0 Å². The van der Waals surface area contributed by atoms with E-state index in [1.807, 2.05) is 18.2 Å². The summed E-state index contributed by atoms with van der Waals surface area (Å²) < 4.78 is 6.26. The zero-order valence-electron chi connectivity index (χ0n) is 31.3. The fourth-order valence-electron chi connectivity index (χ4n) is 9.47. The van der Waals surface area contributed by atoms with E-state index in [0.29, 0.717) is 37.7 Å². The van der Waals surface area contributed by atoms with Crippen LogP contribution in [0.4, 0.5) is 0 Å². The summed E-state index contributed by atoms with van der Waals surface area (Å²) >= 11 is 0. The molecule has 2 amide bonds. The molecule has 3 aliphatic heterocycles. The average Bonchev–Trinajstić information content (AvgIpc) is 3.52. The molecule has 54 heavy (non-hydrogen) atoms. The number of hydrogen-bond acceptors (Lipinski definition) is 5. The van der Waals surface area contributed by atoms with Gasteiger partial charge in [-0.3, -0.25) is 14.5 Å². The molecule has 1 unspecified atom stereocenters. The number of benzene rings is 4. The van der Waals surface area contributed by atoms with E-state index >= 15 is 0 Å². The smallest absolute Gasteiger partial charge is 0.255 e. The van der Waals surface area contributed by atoms with Crippen molar-refractivity contribution < 1.29 is 19.4 Å². The highest BCUT2D eigenvalue weighted by Crippen LogP contribution is 2.47. The molecule has 4 aromatic carbocycles. The van der Waals surface area contributed by atoms with E-state index in [4.69, 9.17) is 4.74 Å². The van der Waals surface area contributed by atoms with Gasteiger partial charge in [0.25, 0.3) is 5.91 Å². The molecule has 0 bridgehead atoms. The number of aromatic hydroxyl groups is 1. The number of carbonyl (C=O) groups excluding carboxylic acids is 2. The molecule has 2 N–H and O–H groups in total. The number of hydrogen-bond donors (Lipinski definition) is 2. The zero-order valence-corrected chi connectivity index (χ0v) is 31.3. The Balaban J connectivity index is 0.758. The van der Waals surface area contributed by atoms with Gasteiger partial charge in [0.2, 0.25) is 5.91 Å². The number of phenolic OH excluding ortho intramolecular Hbond substituents is 1. The highest BCUT2D eigenvalue weighted by Gasteiger charge is 2.38. The molecule has 2 fully saturated rings. The van der Waals surface area contributed by atoms with Crippen LogP contribution in [0.2, 0.25) is 0 Å². The first-order chi connectivity index (χ1) is 26.4. The minimum Gasteiger partial charge on any atom is -0.508 e. The Kier molecular flexibility index (Phi) is 10.9. The van der Waals surface area contributed by atoms with Crippen LogP contribution in [0.1, 0.15) is 107 Å². The van der Waals surface area contributed by atoms with Crippen LogP contribution in [0.15, 0.2) is 103 Å². The summed E-state index contributed by atoms with van der Waals surface area (Å²) in [5.41, 5.74) is 9.04. The molecule has 280 valence electrons. The van der Waals surface area contributed by atoms with Crippen molar-refractivity contribution in [3.8, 4) is 11.5 Å². The summed E-state index contributed by atoms with van der Waals surface area (Å²) in [4.78, 5) is 29.9. The second kappa shape index (κ2) is 16.2. The Morgan fingerprint density at radius 2 is 1.63 bits per heavy atom. The van der Waals surface area contributed by atoms with Crippen molar-refractivity contribution in [2.24, 2.45) is 5.92 Å². The zero-order chi connectivity index (χ0) is 37.0. The predicted octanol–water partition coefficient (Wildman–Crippen LogP) is 8.51. The summed E-state index contributed by atoms with van der Waals surface area (Å²) in [6, 6.07) is 31.3. The average molecular weight is 724 g/mol. The van der Waals surface area contributed by atoms with Crippen molar-refractivity contribution in [2.75, 3.05) is 26.2 Å². The fourth-order valence-corrected chi connectivity index (χ4v) is 9.47. The Bertz CT molecular complexity index is 1970. The van der Waals surface area contributed by atoms with E-state index in [-0.39, 0.29) is 17.7 Å². The first-order valence-electron chi connectivity index (χ1n) is 20.1. The fraction of sp³-hybridized carbons (Fsp3) is 0.404. The van der Waals surface area contributed by atoms with Crippen LogP contribution in [0.5, 0.6) is 11.5 Å². The lowest BCUT2D eigenvalue weighted by Gasteiger charge is -2.35. The lowest BCUT2D eigenvalue weighted by molar-refractivity contribution is -0.126. The third kappa shape index (κ3) is 7.97. The molecular formula is C47H53N3O4. The van der Waals surface area contributed by atoms with Crippen LogP contribution < -0.4 is 10.1 Å². The van der Waals surface area contributed by atoms with Gasteiger partial charge in [0.05, 0.1) is 0 Å². The van der Waals surface area contributed by atoms with Crippen LogP contribution in [0, 0.1) is 5.92 Å². The first-order valence-corrected chi connectivity index (χ1v) is 20.1. The van der Waals surface area contributed by atoms with Crippen molar-refractivity contribution >= 4 is 11.8 Å². The number of nitrogens with one attached hydrogen (secondary N) is 1. The summed E-state index contributed by atoms with van der Waals surface area (Å²) in [7, 11) is 0. The van der Waals surface area contributed by atoms with Crippen molar-refractivity contribution in [1.29, 1.82) is 0 Å². The number of ether oxygens (including phenoxy) is 1. The van der Waals surface area contributed by atoms with Gasteiger partial charge < -0.3 is 20.1 Å². The number of allylic oxidation sites excluding steroid dienone is 1. The van der Waals surface area contributed by atoms with Gasteiger partial charge in [0.15, 0.2) is 0 Å². The van der Waals surface area contributed by atoms with Crippen molar-refractivity contribution in [1.82, 2.24) is 15.1 Å². The topological polar surface area (TPSA) is 82.1 Å². The monoisotopic (exact) mass is 723 g/mol. The highest BCUT2D eigenvalue weighted by atomic mass is 16.5. The molecular weight excluding hydrogens is 671 g/mol. The van der Waals surface area contributed by atoms with Gasteiger partial charge in [0.1, 0.15) is 24.1 Å². The third-order valence-electron chi connectivity index (χ3n) is 12.5. The van der Waals surface area contributed by atoms with Gasteiger partial charge in [-0.05, 0) is 140 Å². The molecule has 0 aromatic heterocycles. The lowest BCUT2D eigenvalue weighted by atomic mass is 9.69. The SMILES string of the molecule is C=C1CCC(N2Cc3cc(CCCCC4CCN(CCOc5ccc([C@@H]6c7ccc(O)cc7CC[C@@H]6c6ccccc6)cc5)CC4)ccc3C2=O)C(=O)N1. The number of fused-ring (bicyclic) bond motifs is 2. The standard InChI is InChI=1S/C47H53N3O4/c1-32-11-22-44(46(52)48-32)50-31-38-29-34(12-19-43(38)47(50)53)8-6-5-7-33-23-25-49(26-24-33)27-28-54-40-17-13-36(14-18-40)45-41(35-9-3-2-4-10-35)20-15-37-30-39(51)16-21-42(37)45/h2-4,9-10,12-14,16-19,21,29-30,33,41,44-45,51H,1,5-8,11,15,20,22-28,31H2,(H,48,52)/t41-,44?,45+/m1/s1. The van der Waals surface area contributed by atoms with Gasteiger partial charge >= 0.3 is 0 Å². The number of amides is 2. The molecule has 8 rings (SSSR count). The summed E-state index contributed by atoms with van der Waals surface area (Å²) in [6.07, 6.45) is 10.5. The minimum absolute atomic E-state index is 0.0292. The second-order valence-electron chi connectivity index (χ2n) is 15.9. The number of aryl methyl sites for hydroxylation is 2. The summed E-state index contributed by atoms with van der Waals surface area (Å²) in [6.45, 7) is 8.28. The molecule has 4 aromatic rings. The number of unbranched alkanes of at least 4 members (excludes halogenated alkanes) is 1. The third-order valence-corrected chi connectivity index (χ3v) is 12.5. The van der Waals surface area contributed by atoms with E-state index in [1.54, 1.807) is 4.90 Å². The Morgan fingerprint density at radius 3 is 2.43 bits per heavy atom. The van der Waals surface area contributed by atoms with Crippen molar-refractivity contribution in [3.63, 3.8) is 0 Å². The van der Waals surface area contributed by atoms with Crippen LogP contribution in [0.25, 0.3) is 0 Å². The van der Waals surface area contributed by atoms with Crippen molar-refractivity contribution in [2.45, 2.75) is 88.6 Å². The Labute approximate surface area is 320 Å². The molecule has 3 heterocycles. The molecule has 1 aliphatic carbocycles. The van der Waals surface area contributed by atoms with Crippen LogP contribution in [-0.4, -0.2) is 59.0 Å². The highest BCUT2D eigenvalue weighted by molar-refractivity contribution is 6.01. The first kappa shape index (κ1) is 36.1. The van der Waals surface area contributed by atoms with E-state index in [9.17, 15) is 14.7 Å². The Hall–Kier alpha value is -4.88. The van der Waals surface area contributed by atoms with E-state index < -0.39 is 6.04 Å². The normalized spacial score (nSPS) is 21.8. The molecule has 4 aliphatic rings. The second-order valence-corrected chi connectivity index (χ2v) is 15.9. The van der Waals surface area contributed by atoms with E-state index in [2.05, 4.69) is 89.6 Å². The van der Waals surface area contributed by atoms with E-state index in [0.717, 1.165) is 73.8 Å². The maximum Gasteiger partial charge on any atom is 0.255 e. The Morgan fingerprint density at radius 1 is 0.815 bits per heavy atom. The maximum absolute atomic E-state index is 13.1. The van der Waals surface area contributed by atoms with Gasteiger partial charge in [0, 0.05) is 30.3 Å². The molecule has 0 spiro atoms. The maximum atomic E-state index is 13.1. The largest absolute Gasteiger partial charge is 0.508 e. The minimum atomic E-state index is -0.409.